The van der Waals surface area contributed by atoms with E-state index in [1.165, 1.54) is 36.4 Å². The number of aliphatic hydroxyl groups is 1. The molecule has 0 bridgehead atoms. The van der Waals surface area contributed by atoms with Crippen LogP contribution in [0.4, 0.5) is 4.39 Å². The van der Waals surface area contributed by atoms with Crippen molar-refractivity contribution in [2.24, 2.45) is 0 Å². The summed E-state index contributed by atoms with van der Waals surface area (Å²) in [6.45, 7) is 0.0273. The Morgan fingerprint density at radius 3 is 2.39 bits per heavy atom. The molecule has 0 saturated carbocycles. The van der Waals surface area contributed by atoms with E-state index in [4.69, 9.17) is 0 Å². The van der Waals surface area contributed by atoms with E-state index in [9.17, 15) is 29.3 Å². The molecule has 2 aromatic rings. The number of carbonyl (C=O) groups is 2. The van der Waals surface area contributed by atoms with Gasteiger partial charge in [0.2, 0.25) is 0 Å². The van der Waals surface area contributed by atoms with Crippen molar-refractivity contribution in [2.75, 3.05) is 13.2 Å². The number of para-hydroxylation sites is 1. The monoisotopic (exact) mass is 390 g/mol. The van der Waals surface area contributed by atoms with Crippen LogP contribution in [0.3, 0.4) is 0 Å². The van der Waals surface area contributed by atoms with Crippen molar-refractivity contribution < 1.29 is 29.3 Å². The lowest BCUT2D eigenvalue weighted by Gasteiger charge is -2.17. The summed E-state index contributed by atoms with van der Waals surface area (Å²) in [6.07, 6.45) is 1.61. The van der Waals surface area contributed by atoms with Crippen LogP contribution in [0.15, 0.2) is 42.5 Å². The molecule has 0 saturated heterocycles. The quantitative estimate of drug-likeness (QED) is 0.331. The Morgan fingerprint density at radius 2 is 1.68 bits per heavy atom. The van der Waals surface area contributed by atoms with Crippen molar-refractivity contribution in [3.63, 3.8) is 0 Å². The fraction of sp³-hybridized carbons (Fsp3) is 0.300. The maximum Gasteiger partial charge on any atom is 0.255 e. The molecule has 7 nitrogen and oxygen atoms in total. The first kappa shape index (κ1) is 21.2. The lowest BCUT2D eigenvalue weighted by Crippen LogP contribution is -2.37. The second kappa shape index (κ2) is 10.3. The summed E-state index contributed by atoms with van der Waals surface area (Å²) < 4.78 is 13.5. The predicted molar refractivity (Wildman–Crippen MR) is 101 cm³/mol. The van der Waals surface area contributed by atoms with Gasteiger partial charge in [0, 0.05) is 6.54 Å². The van der Waals surface area contributed by atoms with Gasteiger partial charge in [-0.25, -0.2) is 4.39 Å². The van der Waals surface area contributed by atoms with E-state index >= 15 is 0 Å². The molecule has 0 spiro atoms. The zero-order valence-corrected chi connectivity index (χ0v) is 15.2. The van der Waals surface area contributed by atoms with Gasteiger partial charge in [0.15, 0.2) is 11.5 Å². The van der Waals surface area contributed by atoms with Gasteiger partial charge in [-0.3, -0.25) is 9.59 Å². The largest absolute Gasteiger partial charge is 0.504 e. The van der Waals surface area contributed by atoms with Crippen LogP contribution in [-0.2, 0) is 0 Å². The highest BCUT2D eigenvalue weighted by Crippen LogP contribution is 2.28. The third-order valence-corrected chi connectivity index (χ3v) is 4.20. The second-order valence-electron chi connectivity index (χ2n) is 6.26. The molecular weight excluding hydrogens is 367 g/mol. The number of phenolic OH excluding ortho intramolecular Hbond substituents is 2. The standard InChI is InChI=1S/C20H23FN2O5/c21-16-9-2-1-7-14(16)19(27)22-11-4-3-6-13(12-24)23-20(28)15-8-5-10-17(25)18(15)26/h1-2,5,7-10,13,24-26H,3-4,6,11-12H2,(H,22,27)(H,23,28)/t13-/m0/s1. The van der Waals surface area contributed by atoms with Crippen molar-refractivity contribution in [1.29, 1.82) is 0 Å². The van der Waals surface area contributed by atoms with E-state index in [2.05, 4.69) is 10.6 Å². The average molecular weight is 390 g/mol. The number of phenols is 2. The Kier molecular flexibility index (Phi) is 7.76. The van der Waals surface area contributed by atoms with Crippen LogP contribution in [0.1, 0.15) is 40.0 Å². The zero-order chi connectivity index (χ0) is 20.5. The number of aliphatic hydroxyl groups excluding tert-OH is 1. The van der Waals surface area contributed by atoms with Gasteiger partial charge in [-0.1, -0.05) is 18.2 Å². The number of carbonyl (C=O) groups excluding carboxylic acids is 2. The molecule has 0 aliphatic heterocycles. The zero-order valence-electron chi connectivity index (χ0n) is 15.2. The summed E-state index contributed by atoms with van der Waals surface area (Å²) in [4.78, 5) is 24.1. The molecule has 0 aromatic heterocycles. The van der Waals surface area contributed by atoms with Crippen molar-refractivity contribution in [3.05, 3.63) is 59.4 Å². The van der Waals surface area contributed by atoms with Gasteiger partial charge < -0.3 is 26.0 Å². The third-order valence-electron chi connectivity index (χ3n) is 4.20. The third kappa shape index (κ3) is 5.68. The highest BCUT2D eigenvalue weighted by atomic mass is 19.1. The van der Waals surface area contributed by atoms with E-state index in [1.807, 2.05) is 0 Å². The predicted octanol–water partition coefficient (Wildman–Crippen LogP) is 1.93. The average Bonchev–Trinajstić information content (AvgIpc) is 2.68. The Labute approximate surface area is 161 Å². The number of aromatic hydroxyl groups is 2. The Bertz CT molecular complexity index is 828. The summed E-state index contributed by atoms with van der Waals surface area (Å²) in [5.41, 5.74) is -0.107. The van der Waals surface area contributed by atoms with Crippen LogP contribution in [0.2, 0.25) is 0 Å². The van der Waals surface area contributed by atoms with Gasteiger partial charge in [-0.05, 0) is 43.5 Å². The summed E-state index contributed by atoms with van der Waals surface area (Å²) in [7, 11) is 0. The van der Waals surface area contributed by atoms with Crippen molar-refractivity contribution in [1.82, 2.24) is 10.6 Å². The number of hydrogen-bond acceptors (Lipinski definition) is 5. The maximum atomic E-state index is 13.5. The Hall–Kier alpha value is -3.13. The fourth-order valence-electron chi connectivity index (χ4n) is 2.65. The van der Waals surface area contributed by atoms with Gasteiger partial charge in [0.1, 0.15) is 5.82 Å². The molecule has 0 heterocycles. The lowest BCUT2D eigenvalue weighted by atomic mass is 10.1. The lowest BCUT2D eigenvalue weighted by molar-refractivity contribution is 0.0908. The molecule has 5 N–H and O–H groups in total. The maximum absolute atomic E-state index is 13.5. The molecule has 0 radical (unpaired) electrons. The molecule has 0 aliphatic rings. The molecule has 1 atom stereocenters. The smallest absolute Gasteiger partial charge is 0.255 e. The molecule has 0 aliphatic carbocycles. The highest BCUT2D eigenvalue weighted by Gasteiger charge is 2.17. The van der Waals surface area contributed by atoms with Crippen LogP contribution in [0.25, 0.3) is 0 Å². The van der Waals surface area contributed by atoms with E-state index in [0.717, 1.165) is 0 Å². The first-order valence-corrected chi connectivity index (χ1v) is 8.89. The molecule has 150 valence electrons. The SMILES string of the molecule is O=C(NCCCC[C@@H](CO)NC(=O)c1cccc(O)c1O)c1ccccc1F. The number of nitrogens with one attached hydrogen (secondary N) is 2. The number of rotatable bonds is 9. The molecule has 0 fully saturated rings. The summed E-state index contributed by atoms with van der Waals surface area (Å²) >= 11 is 0. The van der Waals surface area contributed by atoms with Gasteiger partial charge in [0.25, 0.3) is 11.8 Å². The van der Waals surface area contributed by atoms with Crippen LogP contribution in [-0.4, -0.2) is 46.3 Å². The van der Waals surface area contributed by atoms with E-state index in [0.29, 0.717) is 25.8 Å². The molecule has 28 heavy (non-hydrogen) atoms. The van der Waals surface area contributed by atoms with Gasteiger partial charge in [-0.2, -0.15) is 0 Å². The minimum absolute atomic E-state index is 0.0195. The topological polar surface area (TPSA) is 119 Å². The number of amides is 2. The van der Waals surface area contributed by atoms with E-state index < -0.39 is 35.2 Å². The summed E-state index contributed by atoms with van der Waals surface area (Å²) in [6, 6.07) is 9.20. The minimum atomic E-state index is -0.611. The Balaban J connectivity index is 1.75. The first-order valence-electron chi connectivity index (χ1n) is 8.89. The number of hydrogen-bond donors (Lipinski definition) is 5. The normalized spacial score (nSPS) is 11.6. The molecule has 0 unspecified atom stereocenters. The van der Waals surface area contributed by atoms with Crippen LogP contribution in [0, 0.1) is 5.82 Å². The van der Waals surface area contributed by atoms with Gasteiger partial charge in [-0.15, -0.1) is 0 Å². The summed E-state index contributed by atoms with van der Waals surface area (Å²) in [5, 5.41) is 33.8. The molecule has 8 heteroatoms. The van der Waals surface area contributed by atoms with Crippen molar-refractivity contribution in [2.45, 2.75) is 25.3 Å². The molecular formula is C20H23FN2O5. The van der Waals surface area contributed by atoms with E-state index in [-0.39, 0.29) is 17.7 Å². The molecule has 2 rings (SSSR count). The molecule has 2 aromatic carbocycles. The number of unbranched alkanes of at least 4 members (excludes halogenated alkanes) is 1. The van der Waals surface area contributed by atoms with Crippen molar-refractivity contribution in [3.8, 4) is 11.5 Å². The summed E-state index contributed by atoms with van der Waals surface area (Å²) in [5.74, 6) is -2.62. The molecule has 2 amide bonds. The van der Waals surface area contributed by atoms with Crippen LogP contribution >= 0.6 is 0 Å². The highest BCUT2D eigenvalue weighted by molar-refractivity contribution is 5.97. The van der Waals surface area contributed by atoms with E-state index in [1.54, 1.807) is 6.07 Å². The first-order chi connectivity index (χ1) is 13.4. The van der Waals surface area contributed by atoms with Gasteiger partial charge in [0.05, 0.1) is 23.8 Å². The fourth-order valence-corrected chi connectivity index (χ4v) is 2.65. The Morgan fingerprint density at radius 1 is 0.964 bits per heavy atom. The van der Waals surface area contributed by atoms with Crippen molar-refractivity contribution >= 4 is 11.8 Å². The second-order valence-corrected chi connectivity index (χ2v) is 6.26. The van der Waals surface area contributed by atoms with Crippen LogP contribution in [0.5, 0.6) is 11.5 Å². The number of benzene rings is 2. The van der Waals surface area contributed by atoms with Gasteiger partial charge >= 0.3 is 0 Å². The minimum Gasteiger partial charge on any atom is -0.504 e. The van der Waals surface area contributed by atoms with Crippen LogP contribution < -0.4 is 10.6 Å². The number of halogens is 1.